The molecule has 0 radical (unpaired) electrons. The van der Waals surface area contributed by atoms with Crippen molar-refractivity contribution in [2.75, 3.05) is 0 Å². The molecule has 0 aliphatic heterocycles. The van der Waals surface area contributed by atoms with Crippen molar-refractivity contribution in [3.8, 4) is 0 Å². The first-order valence-electron chi connectivity index (χ1n) is 5.47. The van der Waals surface area contributed by atoms with E-state index in [1.165, 1.54) is 24.3 Å². The van der Waals surface area contributed by atoms with Gasteiger partial charge in [-0.3, -0.25) is 0 Å². The number of carboxylic acid groups (broad SMARTS) is 1. The number of aliphatic carboxylic acids is 1. The Labute approximate surface area is 106 Å². The van der Waals surface area contributed by atoms with Gasteiger partial charge < -0.3 is 9.84 Å². The van der Waals surface area contributed by atoms with Crippen LogP contribution in [0, 0.1) is 0 Å². The fourth-order valence-corrected chi connectivity index (χ4v) is 1.27. The normalized spacial score (nSPS) is 10.8. The van der Waals surface area contributed by atoms with Gasteiger partial charge >= 0.3 is 11.9 Å². The van der Waals surface area contributed by atoms with Crippen LogP contribution in [0.5, 0.6) is 0 Å². The van der Waals surface area contributed by atoms with Gasteiger partial charge in [0.15, 0.2) is 0 Å². The molecule has 0 unspecified atom stereocenters. The van der Waals surface area contributed by atoms with Gasteiger partial charge in [-0.25, -0.2) is 9.59 Å². The van der Waals surface area contributed by atoms with Crippen LogP contribution in [0.1, 0.15) is 36.7 Å². The zero-order chi connectivity index (χ0) is 13.9. The largest absolute Gasteiger partial charge is 0.478 e. The summed E-state index contributed by atoms with van der Waals surface area (Å²) >= 11 is 0. The lowest BCUT2D eigenvalue weighted by Crippen LogP contribution is -2.23. The van der Waals surface area contributed by atoms with Crippen molar-refractivity contribution in [2.45, 2.75) is 26.4 Å². The van der Waals surface area contributed by atoms with E-state index in [-0.39, 0.29) is 5.57 Å². The quantitative estimate of drug-likeness (QED) is 0.660. The zero-order valence-corrected chi connectivity index (χ0v) is 10.7. The Balaban J connectivity index is 2.87. The number of hydrogen-bond acceptors (Lipinski definition) is 3. The molecule has 0 spiro atoms. The van der Waals surface area contributed by atoms with E-state index in [0.29, 0.717) is 11.1 Å². The van der Waals surface area contributed by atoms with Crippen LogP contribution in [-0.2, 0) is 9.53 Å². The van der Waals surface area contributed by atoms with Crippen LogP contribution >= 0.6 is 0 Å². The lowest BCUT2D eigenvalue weighted by atomic mass is 10.1. The third-order valence-electron chi connectivity index (χ3n) is 2.13. The smallest absolute Gasteiger partial charge is 0.338 e. The van der Waals surface area contributed by atoms with Gasteiger partial charge in [0.1, 0.15) is 5.60 Å². The fraction of sp³-hybridized carbons (Fsp3) is 0.286. The van der Waals surface area contributed by atoms with Crippen molar-refractivity contribution in [3.05, 3.63) is 42.0 Å². The number of ether oxygens (including phenoxy) is 1. The van der Waals surface area contributed by atoms with Gasteiger partial charge in [-0.1, -0.05) is 18.7 Å². The first-order valence-corrected chi connectivity index (χ1v) is 5.47. The third kappa shape index (κ3) is 3.73. The molecule has 0 atom stereocenters. The van der Waals surface area contributed by atoms with Gasteiger partial charge in [-0.05, 0) is 38.5 Å². The molecule has 1 N–H and O–H groups in total. The van der Waals surface area contributed by atoms with Crippen molar-refractivity contribution >= 4 is 17.5 Å². The van der Waals surface area contributed by atoms with Crippen LogP contribution in [0.4, 0.5) is 0 Å². The summed E-state index contributed by atoms with van der Waals surface area (Å²) in [7, 11) is 0. The Morgan fingerprint density at radius 3 is 1.94 bits per heavy atom. The van der Waals surface area contributed by atoms with E-state index in [2.05, 4.69) is 6.58 Å². The maximum Gasteiger partial charge on any atom is 0.338 e. The fourth-order valence-electron chi connectivity index (χ4n) is 1.27. The summed E-state index contributed by atoms with van der Waals surface area (Å²) in [4.78, 5) is 22.4. The molecular formula is C14H16O4. The number of hydrogen-bond donors (Lipinski definition) is 1. The summed E-state index contributed by atoms with van der Waals surface area (Å²) in [5, 5.41) is 8.78. The Kier molecular flexibility index (Phi) is 3.91. The van der Waals surface area contributed by atoms with Crippen LogP contribution in [0.3, 0.4) is 0 Å². The van der Waals surface area contributed by atoms with Crippen molar-refractivity contribution in [3.63, 3.8) is 0 Å². The molecule has 4 nitrogen and oxygen atoms in total. The summed E-state index contributed by atoms with van der Waals surface area (Å²) < 4.78 is 5.19. The lowest BCUT2D eigenvalue weighted by Gasteiger charge is -2.19. The average molecular weight is 248 g/mol. The van der Waals surface area contributed by atoms with Gasteiger partial charge in [0.2, 0.25) is 0 Å². The Morgan fingerprint density at radius 2 is 1.56 bits per heavy atom. The summed E-state index contributed by atoms with van der Waals surface area (Å²) in [5.41, 5.74) is 0.285. The number of carbonyl (C=O) groups excluding carboxylic acids is 1. The maximum atomic E-state index is 11.7. The van der Waals surface area contributed by atoms with E-state index in [9.17, 15) is 9.59 Å². The molecule has 0 aliphatic rings. The molecule has 0 amide bonds. The van der Waals surface area contributed by atoms with Crippen LogP contribution in [-0.4, -0.2) is 22.6 Å². The monoisotopic (exact) mass is 248 g/mol. The second kappa shape index (κ2) is 5.04. The lowest BCUT2D eigenvalue weighted by molar-refractivity contribution is -0.130. The average Bonchev–Trinajstić information content (AvgIpc) is 2.26. The molecule has 1 aromatic carbocycles. The highest BCUT2D eigenvalue weighted by Gasteiger charge is 2.18. The number of esters is 1. The highest BCUT2D eigenvalue weighted by atomic mass is 16.6. The summed E-state index contributed by atoms with van der Waals surface area (Å²) in [6.45, 7) is 8.79. The molecule has 0 fully saturated rings. The van der Waals surface area contributed by atoms with E-state index >= 15 is 0 Å². The molecule has 18 heavy (non-hydrogen) atoms. The number of benzene rings is 1. The Hall–Kier alpha value is -2.10. The minimum atomic E-state index is -1.08. The first kappa shape index (κ1) is 14.0. The number of carboxylic acids is 1. The van der Waals surface area contributed by atoms with Gasteiger partial charge in [0.05, 0.1) is 11.1 Å². The van der Waals surface area contributed by atoms with Crippen molar-refractivity contribution in [1.29, 1.82) is 0 Å². The third-order valence-corrected chi connectivity index (χ3v) is 2.13. The van der Waals surface area contributed by atoms with Gasteiger partial charge in [0.25, 0.3) is 0 Å². The van der Waals surface area contributed by atoms with E-state index in [1.54, 1.807) is 20.8 Å². The number of rotatable bonds is 3. The highest BCUT2D eigenvalue weighted by Crippen LogP contribution is 2.16. The van der Waals surface area contributed by atoms with E-state index in [0.717, 1.165) is 0 Å². The topological polar surface area (TPSA) is 63.6 Å². The summed E-state index contributed by atoms with van der Waals surface area (Å²) in [5.74, 6) is -1.52. The molecule has 0 heterocycles. The second-order valence-corrected chi connectivity index (χ2v) is 4.86. The minimum absolute atomic E-state index is 0.00858. The molecule has 4 heteroatoms. The molecule has 0 aromatic heterocycles. The molecule has 1 aromatic rings. The standard InChI is InChI=1S/C14H16O4/c1-9(12(15)16)10-5-7-11(8-6-10)13(17)18-14(2,3)4/h5-8H,1H2,2-4H3,(H,15,16). The van der Waals surface area contributed by atoms with Crippen LogP contribution in [0.25, 0.3) is 5.57 Å². The first-order chi connectivity index (χ1) is 8.20. The minimum Gasteiger partial charge on any atom is -0.478 e. The van der Waals surface area contributed by atoms with Crippen LogP contribution < -0.4 is 0 Å². The SMILES string of the molecule is C=C(C(=O)O)c1ccc(C(=O)OC(C)(C)C)cc1. The highest BCUT2D eigenvalue weighted by molar-refractivity contribution is 6.14. The van der Waals surface area contributed by atoms with Crippen molar-refractivity contribution in [2.24, 2.45) is 0 Å². The van der Waals surface area contributed by atoms with Gasteiger partial charge in [-0.2, -0.15) is 0 Å². The maximum absolute atomic E-state index is 11.7. The second-order valence-electron chi connectivity index (χ2n) is 4.86. The van der Waals surface area contributed by atoms with Gasteiger partial charge in [-0.15, -0.1) is 0 Å². The molecule has 1 rings (SSSR count). The molecule has 0 saturated carbocycles. The predicted molar refractivity (Wildman–Crippen MR) is 68.3 cm³/mol. The number of carbonyl (C=O) groups is 2. The van der Waals surface area contributed by atoms with Crippen LogP contribution in [0.2, 0.25) is 0 Å². The summed E-state index contributed by atoms with van der Waals surface area (Å²) in [6, 6.07) is 6.13. The predicted octanol–water partition coefficient (Wildman–Crippen LogP) is 2.74. The zero-order valence-electron chi connectivity index (χ0n) is 10.7. The van der Waals surface area contributed by atoms with E-state index in [1.807, 2.05) is 0 Å². The van der Waals surface area contributed by atoms with Crippen molar-refractivity contribution in [1.82, 2.24) is 0 Å². The Morgan fingerprint density at radius 1 is 1.11 bits per heavy atom. The summed E-state index contributed by atoms with van der Waals surface area (Å²) in [6.07, 6.45) is 0. The van der Waals surface area contributed by atoms with Crippen LogP contribution in [0.15, 0.2) is 30.8 Å². The molecule has 0 saturated heterocycles. The van der Waals surface area contributed by atoms with Crippen molar-refractivity contribution < 1.29 is 19.4 Å². The molecule has 96 valence electrons. The molecular weight excluding hydrogens is 232 g/mol. The molecule has 0 bridgehead atoms. The van der Waals surface area contributed by atoms with E-state index < -0.39 is 17.5 Å². The Bertz CT molecular complexity index is 478. The molecule has 0 aliphatic carbocycles. The van der Waals surface area contributed by atoms with Gasteiger partial charge in [0, 0.05) is 0 Å². The van der Waals surface area contributed by atoms with E-state index in [4.69, 9.17) is 9.84 Å².